The van der Waals surface area contributed by atoms with Crippen molar-refractivity contribution in [2.45, 2.75) is 32.7 Å². The summed E-state index contributed by atoms with van der Waals surface area (Å²) < 4.78 is 2.00. The molecular weight excluding hydrogens is 248 g/mol. The fraction of sp³-hybridized carbons (Fsp3) is 0.438. The highest BCUT2D eigenvalue weighted by Crippen LogP contribution is 2.30. The summed E-state index contributed by atoms with van der Waals surface area (Å²) in [6.45, 7) is 4.16. The van der Waals surface area contributed by atoms with E-state index in [9.17, 15) is 0 Å². The monoisotopic (exact) mass is 270 g/mol. The van der Waals surface area contributed by atoms with Crippen LogP contribution in [0.15, 0.2) is 24.3 Å². The van der Waals surface area contributed by atoms with E-state index < -0.39 is 0 Å². The van der Waals surface area contributed by atoms with Crippen LogP contribution in [0.4, 0.5) is 11.4 Å². The first kappa shape index (κ1) is 13.0. The Morgan fingerprint density at radius 3 is 2.90 bits per heavy atom. The second-order valence-corrected chi connectivity index (χ2v) is 5.52. The van der Waals surface area contributed by atoms with Crippen LogP contribution >= 0.6 is 0 Å². The first-order valence-electron chi connectivity index (χ1n) is 7.32. The third-order valence-corrected chi connectivity index (χ3v) is 4.06. The van der Waals surface area contributed by atoms with Gasteiger partial charge >= 0.3 is 0 Å². The molecule has 0 unspecified atom stereocenters. The molecule has 2 N–H and O–H groups in total. The van der Waals surface area contributed by atoms with Crippen LogP contribution in [0.3, 0.4) is 0 Å². The molecule has 0 radical (unpaired) electrons. The van der Waals surface area contributed by atoms with E-state index >= 15 is 0 Å². The highest BCUT2D eigenvalue weighted by atomic mass is 15.3. The Labute approximate surface area is 120 Å². The van der Waals surface area contributed by atoms with Crippen LogP contribution in [-0.4, -0.2) is 16.3 Å². The van der Waals surface area contributed by atoms with Crippen molar-refractivity contribution in [3.8, 4) is 0 Å². The molecule has 4 nitrogen and oxygen atoms in total. The molecule has 1 aliphatic heterocycles. The predicted molar refractivity (Wildman–Crippen MR) is 82.8 cm³/mol. The van der Waals surface area contributed by atoms with Gasteiger partial charge in [0, 0.05) is 25.0 Å². The van der Waals surface area contributed by atoms with E-state index in [2.05, 4.69) is 35.1 Å². The van der Waals surface area contributed by atoms with Gasteiger partial charge < -0.3 is 10.6 Å². The van der Waals surface area contributed by atoms with Crippen LogP contribution in [0, 0.1) is 0 Å². The molecule has 3 rings (SSSR count). The van der Waals surface area contributed by atoms with E-state index in [4.69, 9.17) is 5.73 Å². The molecular formula is C16H22N4. The summed E-state index contributed by atoms with van der Waals surface area (Å²) in [4.78, 5) is 2.44. The summed E-state index contributed by atoms with van der Waals surface area (Å²) in [5.41, 5.74) is 11.9. The second kappa shape index (κ2) is 5.19. The Kier molecular flexibility index (Phi) is 3.38. The molecule has 0 amide bonds. The number of aryl methyl sites for hydroxylation is 3. The molecule has 0 aliphatic carbocycles. The third kappa shape index (κ3) is 2.38. The molecule has 0 saturated heterocycles. The number of hydrogen-bond acceptors (Lipinski definition) is 3. The van der Waals surface area contributed by atoms with E-state index in [0.717, 1.165) is 37.3 Å². The van der Waals surface area contributed by atoms with Gasteiger partial charge in [0.1, 0.15) is 0 Å². The molecule has 1 aromatic carbocycles. The van der Waals surface area contributed by atoms with Gasteiger partial charge in [0.25, 0.3) is 0 Å². The number of nitrogens with two attached hydrogens (primary N) is 1. The predicted octanol–water partition coefficient (Wildman–Crippen LogP) is 2.52. The van der Waals surface area contributed by atoms with E-state index in [1.54, 1.807) is 0 Å². The number of nitrogens with zero attached hydrogens (tertiary/aromatic N) is 3. The van der Waals surface area contributed by atoms with Crippen molar-refractivity contribution in [1.82, 2.24) is 9.78 Å². The van der Waals surface area contributed by atoms with E-state index in [1.165, 1.54) is 23.4 Å². The van der Waals surface area contributed by atoms with Crippen LogP contribution in [0.25, 0.3) is 0 Å². The summed E-state index contributed by atoms with van der Waals surface area (Å²) in [6.07, 6.45) is 3.30. The second-order valence-electron chi connectivity index (χ2n) is 5.52. The topological polar surface area (TPSA) is 47.1 Å². The average molecular weight is 270 g/mol. The highest BCUT2D eigenvalue weighted by Gasteiger charge is 2.18. The third-order valence-electron chi connectivity index (χ3n) is 4.06. The summed E-state index contributed by atoms with van der Waals surface area (Å²) in [6, 6.07) is 8.48. The Morgan fingerprint density at radius 1 is 1.30 bits per heavy atom. The van der Waals surface area contributed by atoms with Crippen LogP contribution < -0.4 is 10.6 Å². The highest BCUT2D eigenvalue weighted by molar-refractivity contribution is 5.61. The lowest BCUT2D eigenvalue weighted by Crippen LogP contribution is -2.29. The minimum atomic E-state index is 0.861. The molecule has 20 heavy (non-hydrogen) atoms. The van der Waals surface area contributed by atoms with Crippen LogP contribution in [0.2, 0.25) is 0 Å². The van der Waals surface area contributed by atoms with Crippen molar-refractivity contribution in [3.05, 3.63) is 41.2 Å². The average Bonchev–Trinajstić information content (AvgIpc) is 2.79. The lowest BCUT2D eigenvalue weighted by molar-refractivity contribution is 0.642. The van der Waals surface area contributed by atoms with Gasteiger partial charge in [-0.15, -0.1) is 0 Å². The molecule has 1 aromatic heterocycles. The smallest absolute Gasteiger partial charge is 0.0625 e. The van der Waals surface area contributed by atoms with Crippen molar-refractivity contribution in [3.63, 3.8) is 0 Å². The van der Waals surface area contributed by atoms with Crippen molar-refractivity contribution in [2.24, 2.45) is 7.05 Å². The Bertz CT molecular complexity index is 615. The SMILES string of the molecule is CCc1cc(CN2CCCc3cc(N)ccc32)n(C)n1. The number of fused-ring (bicyclic) bond motifs is 1. The molecule has 0 fully saturated rings. The van der Waals surface area contributed by atoms with E-state index in [-0.39, 0.29) is 0 Å². The van der Waals surface area contributed by atoms with Gasteiger partial charge in [-0.3, -0.25) is 4.68 Å². The molecule has 1 aliphatic rings. The summed E-state index contributed by atoms with van der Waals surface area (Å²) in [7, 11) is 2.03. The standard InChI is InChI=1S/C16H22N4/c1-3-14-10-15(19(2)18-14)11-20-8-4-5-12-9-13(17)6-7-16(12)20/h6-7,9-10H,3-5,8,11,17H2,1-2H3. The van der Waals surface area contributed by atoms with Crippen molar-refractivity contribution >= 4 is 11.4 Å². The molecule has 0 bridgehead atoms. The van der Waals surface area contributed by atoms with Gasteiger partial charge in [0.2, 0.25) is 0 Å². The Morgan fingerprint density at radius 2 is 2.15 bits per heavy atom. The van der Waals surface area contributed by atoms with Crippen LogP contribution in [-0.2, 0) is 26.4 Å². The molecule has 0 spiro atoms. The number of nitrogen functional groups attached to an aromatic ring is 1. The Balaban J connectivity index is 1.87. The zero-order chi connectivity index (χ0) is 14.1. The van der Waals surface area contributed by atoms with Crippen molar-refractivity contribution in [1.29, 1.82) is 0 Å². The van der Waals surface area contributed by atoms with Crippen LogP contribution in [0.1, 0.15) is 30.3 Å². The van der Waals surface area contributed by atoms with Crippen molar-refractivity contribution in [2.75, 3.05) is 17.2 Å². The number of anilines is 2. The number of benzene rings is 1. The van der Waals surface area contributed by atoms with Crippen molar-refractivity contribution < 1.29 is 0 Å². The largest absolute Gasteiger partial charge is 0.399 e. The van der Waals surface area contributed by atoms with Gasteiger partial charge in [-0.05, 0) is 49.1 Å². The van der Waals surface area contributed by atoms with Crippen LogP contribution in [0.5, 0.6) is 0 Å². The Hall–Kier alpha value is -1.97. The van der Waals surface area contributed by atoms with Gasteiger partial charge in [-0.25, -0.2) is 0 Å². The first-order chi connectivity index (χ1) is 9.67. The van der Waals surface area contributed by atoms with Gasteiger partial charge in [0.15, 0.2) is 0 Å². The van der Waals surface area contributed by atoms with Gasteiger partial charge in [-0.2, -0.15) is 5.10 Å². The number of aromatic nitrogens is 2. The minimum absolute atomic E-state index is 0.861. The zero-order valence-corrected chi connectivity index (χ0v) is 12.3. The van der Waals surface area contributed by atoms with Gasteiger partial charge in [0.05, 0.1) is 17.9 Å². The lowest BCUT2D eigenvalue weighted by atomic mass is 10.0. The molecule has 4 heteroatoms. The lowest BCUT2D eigenvalue weighted by Gasteiger charge is -2.31. The molecule has 2 aromatic rings. The molecule has 0 atom stereocenters. The summed E-state index contributed by atoms with van der Waals surface area (Å²) in [5.74, 6) is 0. The van der Waals surface area contributed by atoms with E-state index in [0.29, 0.717) is 0 Å². The normalized spacial score (nSPS) is 14.4. The fourth-order valence-electron chi connectivity index (χ4n) is 2.95. The fourth-order valence-corrected chi connectivity index (χ4v) is 2.95. The molecule has 0 saturated carbocycles. The van der Waals surface area contributed by atoms with E-state index in [1.807, 2.05) is 17.8 Å². The summed E-state index contributed by atoms with van der Waals surface area (Å²) >= 11 is 0. The maximum Gasteiger partial charge on any atom is 0.0625 e. The van der Waals surface area contributed by atoms with Gasteiger partial charge in [-0.1, -0.05) is 6.92 Å². The molecule has 2 heterocycles. The maximum atomic E-state index is 5.89. The zero-order valence-electron chi connectivity index (χ0n) is 12.3. The minimum Gasteiger partial charge on any atom is -0.399 e. The maximum absolute atomic E-state index is 5.89. The number of hydrogen-bond donors (Lipinski definition) is 1. The molecule has 106 valence electrons. The summed E-state index contributed by atoms with van der Waals surface area (Å²) in [5, 5.41) is 4.53. The quantitative estimate of drug-likeness (QED) is 0.872. The first-order valence-corrected chi connectivity index (χ1v) is 7.32. The number of rotatable bonds is 3.